The first kappa shape index (κ1) is 14.2. The van der Waals surface area contributed by atoms with Crippen molar-refractivity contribution < 1.29 is 4.79 Å². The second kappa shape index (κ2) is 7.45. The van der Waals surface area contributed by atoms with Crippen LogP contribution in [0.1, 0.15) is 31.4 Å². The molecular weight excluding hydrogens is 280 g/mol. The summed E-state index contributed by atoms with van der Waals surface area (Å²) in [5.74, 6) is 0.0918. The fourth-order valence-corrected chi connectivity index (χ4v) is 1.89. The molecule has 1 unspecified atom stereocenters. The maximum atomic E-state index is 11.7. The van der Waals surface area contributed by atoms with Crippen LogP contribution in [-0.2, 0) is 4.79 Å². The molecule has 4 heteroatoms. The highest BCUT2D eigenvalue weighted by Gasteiger charge is 2.11. The van der Waals surface area contributed by atoms with Crippen LogP contribution in [0.2, 0.25) is 0 Å². The van der Waals surface area contributed by atoms with Crippen LogP contribution in [0.5, 0.6) is 0 Å². The number of carbonyl (C=O) groups excluding carboxylic acids is 1. The molecule has 17 heavy (non-hydrogen) atoms. The fraction of sp³-hybridized carbons (Fsp3) is 0.462. The van der Waals surface area contributed by atoms with Crippen LogP contribution in [0, 0.1) is 0 Å². The third-order valence-electron chi connectivity index (χ3n) is 2.62. The maximum absolute atomic E-state index is 11.7. The summed E-state index contributed by atoms with van der Waals surface area (Å²) >= 11 is 3.41. The molecule has 1 amide bonds. The van der Waals surface area contributed by atoms with Gasteiger partial charge in [0, 0.05) is 17.4 Å². The Bertz CT molecular complexity index is 351. The molecule has 0 aliphatic rings. The summed E-state index contributed by atoms with van der Waals surface area (Å²) in [5, 5.41) is 6.01. The molecule has 0 saturated heterocycles. The predicted octanol–water partition coefficient (Wildman–Crippen LogP) is 2.63. The first-order valence-electron chi connectivity index (χ1n) is 5.86. The van der Waals surface area contributed by atoms with E-state index in [0.717, 1.165) is 16.5 Å². The number of amides is 1. The SMILES string of the molecule is CCC(NC(=O)CCNC)c1ccc(Br)cc1. The normalized spacial score (nSPS) is 12.2. The van der Waals surface area contributed by atoms with Gasteiger partial charge in [0.1, 0.15) is 0 Å². The van der Waals surface area contributed by atoms with E-state index in [1.807, 2.05) is 31.3 Å². The van der Waals surface area contributed by atoms with Crippen molar-refractivity contribution in [3.63, 3.8) is 0 Å². The van der Waals surface area contributed by atoms with Gasteiger partial charge in [-0.2, -0.15) is 0 Å². The number of halogens is 1. The molecule has 0 saturated carbocycles. The Morgan fingerprint density at radius 3 is 2.53 bits per heavy atom. The van der Waals surface area contributed by atoms with E-state index in [1.54, 1.807) is 0 Å². The molecule has 0 aliphatic heterocycles. The van der Waals surface area contributed by atoms with Crippen LogP contribution in [0.3, 0.4) is 0 Å². The van der Waals surface area contributed by atoms with Crippen LogP contribution in [0.25, 0.3) is 0 Å². The lowest BCUT2D eigenvalue weighted by molar-refractivity contribution is -0.121. The largest absolute Gasteiger partial charge is 0.349 e. The summed E-state index contributed by atoms with van der Waals surface area (Å²) in [4.78, 5) is 11.7. The molecule has 0 bridgehead atoms. The van der Waals surface area contributed by atoms with E-state index in [2.05, 4.69) is 33.5 Å². The van der Waals surface area contributed by atoms with E-state index in [0.29, 0.717) is 13.0 Å². The third kappa shape index (κ3) is 4.88. The maximum Gasteiger partial charge on any atom is 0.221 e. The molecule has 0 heterocycles. The van der Waals surface area contributed by atoms with E-state index in [1.165, 1.54) is 0 Å². The van der Waals surface area contributed by atoms with Crippen molar-refractivity contribution in [2.75, 3.05) is 13.6 Å². The van der Waals surface area contributed by atoms with Gasteiger partial charge in [0.2, 0.25) is 5.91 Å². The van der Waals surface area contributed by atoms with Crippen molar-refractivity contribution in [3.05, 3.63) is 34.3 Å². The highest BCUT2D eigenvalue weighted by Crippen LogP contribution is 2.19. The standard InChI is InChI=1S/C13H19BrN2O/c1-3-12(16-13(17)8-9-15-2)10-4-6-11(14)7-5-10/h4-7,12,15H,3,8-9H2,1-2H3,(H,16,17). The van der Waals surface area contributed by atoms with Crippen LogP contribution >= 0.6 is 15.9 Å². The molecule has 1 atom stereocenters. The summed E-state index contributed by atoms with van der Waals surface area (Å²) < 4.78 is 1.05. The highest BCUT2D eigenvalue weighted by atomic mass is 79.9. The molecule has 2 N–H and O–H groups in total. The van der Waals surface area contributed by atoms with Crippen molar-refractivity contribution in [3.8, 4) is 0 Å². The zero-order chi connectivity index (χ0) is 12.7. The van der Waals surface area contributed by atoms with Gasteiger partial charge in [0.25, 0.3) is 0 Å². The van der Waals surface area contributed by atoms with Gasteiger partial charge in [-0.1, -0.05) is 35.0 Å². The smallest absolute Gasteiger partial charge is 0.221 e. The minimum atomic E-state index is 0.0918. The Morgan fingerprint density at radius 1 is 1.35 bits per heavy atom. The van der Waals surface area contributed by atoms with Gasteiger partial charge in [-0.3, -0.25) is 4.79 Å². The second-order valence-corrected chi connectivity index (χ2v) is 4.85. The van der Waals surface area contributed by atoms with Gasteiger partial charge < -0.3 is 10.6 Å². The summed E-state index contributed by atoms with van der Waals surface area (Å²) in [6.07, 6.45) is 1.41. The zero-order valence-corrected chi connectivity index (χ0v) is 11.9. The second-order valence-electron chi connectivity index (χ2n) is 3.93. The quantitative estimate of drug-likeness (QED) is 0.848. The van der Waals surface area contributed by atoms with Gasteiger partial charge in [-0.15, -0.1) is 0 Å². The summed E-state index contributed by atoms with van der Waals surface area (Å²) in [5.41, 5.74) is 1.15. The Hall–Kier alpha value is -0.870. The molecule has 0 spiro atoms. The van der Waals surface area contributed by atoms with Crippen molar-refractivity contribution in [2.24, 2.45) is 0 Å². The van der Waals surface area contributed by atoms with Gasteiger partial charge in [0.15, 0.2) is 0 Å². The Balaban J connectivity index is 2.59. The Kier molecular flexibility index (Phi) is 6.22. The average Bonchev–Trinajstić information content (AvgIpc) is 2.34. The topological polar surface area (TPSA) is 41.1 Å². The third-order valence-corrected chi connectivity index (χ3v) is 3.15. The van der Waals surface area contributed by atoms with Crippen LogP contribution in [0.15, 0.2) is 28.7 Å². The first-order valence-corrected chi connectivity index (χ1v) is 6.66. The van der Waals surface area contributed by atoms with E-state index in [9.17, 15) is 4.79 Å². The molecule has 3 nitrogen and oxygen atoms in total. The zero-order valence-electron chi connectivity index (χ0n) is 10.3. The molecular formula is C13H19BrN2O. The van der Waals surface area contributed by atoms with Crippen molar-refractivity contribution in [1.82, 2.24) is 10.6 Å². The molecule has 0 aliphatic carbocycles. The number of nitrogens with one attached hydrogen (secondary N) is 2. The average molecular weight is 299 g/mol. The van der Waals surface area contributed by atoms with Gasteiger partial charge in [-0.05, 0) is 31.2 Å². The lowest BCUT2D eigenvalue weighted by atomic mass is 10.0. The fourth-order valence-electron chi connectivity index (χ4n) is 1.62. The first-order chi connectivity index (χ1) is 8.17. The number of hydrogen-bond donors (Lipinski definition) is 2. The number of benzene rings is 1. The van der Waals surface area contributed by atoms with E-state index >= 15 is 0 Å². The van der Waals surface area contributed by atoms with E-state index in [4.69, 9.17) is 0 Å². The Labute approximate surface area is 111 Å². The molecule has 1 rings (SSSR count). The lowest BCUT2D eigenvalue weighted by Gasteiger charge is -2.17. The molecule has 0 aromatic heterocycles. The minimum absolute atomic E-state index is 0.0918. The number of carbonyl (C=O) groups is 1. The minimum Gasteiger partial charge on any atom is -0.349 e. The van der Waals surface area contributed by atoms with E-state index in [-0.39, 0.29) is 11.9 Å². The van der Waals surface area contributed by atoms with Gasteiger partial charge in [-0.25, -0.2) is 0 Å². The predicted molar refractivity (Wildman–Crippen MR) is 73.9 cm³/mol. The summed E-state index contributed by atoms with van der Waals surface area (Å²) in [7, 11) is 1.85. The van der Waals surface area contributed by atoms with Crippen LogP contribution < -0.4 is 10.6 Å². The summed E-state index contributed by atoms with van der Waals surface area (Å²) in [6, 6.07) is 8.18. The molecule has 0 fully saturated rings. The van der Waals surface area contributed by atoms with Crippen molar-refractivity contribution >= 4 is 21.8 Å². The highest BCUT2D eigenvalue weighted by molar-refractivity contribution is 9.10. The van der Waals surface area contributed by atoms with E-state index < -0.39 is 0 Å². The summed E-state index contributed by atoms with van der Waals surface area (Å²) in [6.45, 7) is 2.79. The van der Waals surface area contributed by atoms with Gasteiger partial charge >= 0.3 is 0 Å². The molecule has 1 aromatic carbocycles. The van der Waals surface area contributed by atoms with Crippen molar-refractivity contribution in [1.29, 1.82) is 0 Å². The molecule has 0 radical (unpaired) electrons. The van der Waals surface area contributed by atoms with Crippen molar-refractivity contribution in [2.45, 2.75) is 25.8 Å². The lowest BCUT2D eigenvalue weighted by Crippen LogP contribution is -2.30. The van der Waals surface area contributed by atoms with Gasteiger partial charge in [0.05, 0.1) is 6.04 Å². The van der Waals surface area contributed by atoms with Crippen LogP contribution in [0.4, 0.5) is 0 Å². The number of hydrogen-bond acceptors (Lipinski definition) is 2. The van der Waals surface area contributed by atoms with Crippen LogP contribution in [-0.4, -0.2) is 19.5 Å². The molecule has 94 valence electrons. The Morgan fingerprint density at radius 2 is 2.00 bits per heavy atom. The molecule has 1 aromatic rings. The monoisotopic (exact) mass is 298 g/mol. The number of rotatable bonds is 6.